The van der Waals surface area contributed by atoms with E-state index in [-0.39, 0.29) is 0 Å². The number of hydrogen-bond donors (Lipinski definition) is 0. The summed E-state index contributed by atoms with van der Waals surface area (Å²) in [6, 6.07) is 17.5. The molecule has 2 aromatic carbocycles. The van der Waals surface area contributed by atoms with Crippen LogP contribution in [0.3, 0.4) is 0 Å². The first-order valence-electron chi connectivity index (χ1n) is 9.50. The largest absolute Gasteiger partial charge is 0.227 e. The van der Waals surface area contributed by atoms with Gasteiger partial charge >= 0.3 is 0 Å². The van der Waals surface area contributed by atoms with Crippen LogP contribution in [0.5, 0.6) is 0 Å². The van der Waals surface area contributed by atoms with Crippen LogP contribution in [0, 0.1) is 13.8 Å². The van der Waals surface area contributed by atoms with E-state index in [4.69, 9.17) is 9.97 Å². The third kappa shape index (κ3) is 4.74. The SMILES string of the molecule is Cc1ccc(CSc2nc3c(c(Sc4ccc(C)cc4)n2)CCCC3)cc1. The average Bonchev–Trinajstić information content (AvgIpc) is 2.69. The minimum absolute atomic E-state index is 0.908. The van der Waals surface area contributed by atoms with E-state index < -0.39 is 0 Å². The Morgan fingerprint density at radius 3 is 2.22 bits per heavy atom. The van der Waals surface area contributed by atoms with Gasteiger partial charge in [-0.15, -0.1) is 0 Å². The summed E-state index contributed by atoms with van der Waals surface area (Å²) in [5.41, 5.74) is 6.53. The van der Waals surface area contributed by atoms with Gasteiger partial charge < -0.3 is 0 Å². The van der Waals surface area contributed by atoms with Gasteiger partial charge in [0.25, 0.3) is 0 Å². The standard InChI is InChI=1S/C23H24N2S2/c1-16-7-11-18(12-8-16)15-26-23-24-21-6-4-3-5-20(21)22(25-23)27-19-13-9-17(2)10-14-19/h7-14H,3-6,15H2,1-2H3. The molecule has 4 heteroatoms. The molecule has 3 aromatic rings. The predicted molar refractivity (Wildman–Crippen MR) is 115 cm³/mol. The average molecular weight is 393 g/mol. The fraction of sp³-hybridized carbons (Fsp3) is 0.304. The summed E-state index contributed by atoms with van der Waals surface area (Å²) in [4.78, 5) is 11.1. The molecule has 138 valence electrons. The van der Waals surface area contributed by atoms with Crippen molar-refractivity contribution >= 4 is 23.5 Å². The van der Waals surface area contributed by atoms with Gasteiger partial charge in [-0.3, -0.25) is 0 Å². The number of nitrogens with zero attached hydrogens (tertiary/aromatic N) is 2. The Bertz CT molecular complexity index is 918. The summed E-state index contributed by atoms with van der Waals surface area (Å²) in [7, 11) is 0. The van der Waals surface area contributed by atoms with Crippen LogP contribution in [0.25, 0.3) is 0 Å². The molecule has 0 bridgehead atoms. The number of rotatable bonds is 5. The second-order valence-corrected chi connectivity index (χ2v) is 9.14. The highest BCUT2D eigenvalue weighted by Gasteiger charge is 2.19. The topological polar surface area (TPSA) is 25.8 Å². The van der Waals surface area contributed by atoms with Crippen molar-refractivity contribution in [1.82, 2.24) is 9.97 Å². The highest BCUT2D eigenvalue weighted by Crippen LogP contribution is 2.35. The second-order valence-electron chi connectivity index (χ2n) is 7.13. The molecular formula is C23H24N2S2. The summed E-state index contributed by atoms with van der Waals surface area (Å²) < 4.78 is 0. The molecule has 1 aliphatic rings. The van der Waals surface area contributed by atoms with E-state index in [1.54, 1.807) is 23.5 Å². The van der Waals surface area contributed by atoms with Crippen LogP contribution in [0.4, 0.5) is 0 Å². The van der Waals surface area contributed by atoms with Crippen LogP contribution in [0.1, 0.15) is 40.8 Å². The Morgan fingerprint density at radius 1 is 0.815 bits per heavy atom. The molecule has 0 spiro atoms. The Morgan fingerprint density at radius 2 is 1.48 bits per heavy atom. The van der Waals surface area contributed by atoms with Crippen molar-refractivity contribution in [3.05, 3.63) is 76.5 Å². The van der Waals surface area contributed by atoms with Crippen molar-refractivity contribution in [1.29, 1.82) is 0 Å². The van der Waals surface area contributed by atoms with Gasteiger partial charge in [-0.1, -0.05) is 71.0 Å². The number of fused-ring (bicyclic) bond motifs is 1. The zero-order chi connectivity index (χ0) is 18.6. The van der Waals surface area contributed by atoms with Crippen LogP contribution in [-0.2, 0) is 18.6 Å². The number of hydrogen-bond acceptors (Lipinski definition) is 4. The van der Waals surface area contributed by atoms with E-state index in [1.165, 1.54) is 45.7 Å². The Labute approximate surface area is 170 Å². The van der Waals surface area contributed by atoms with E-state index in [0.29, 0.717) is 0 Å². The first-order chi connectivity index (χ1) is 13.2. The molecule has 0 fully saturated rings. The van der Waals surface area contributed by atoms with Crippen molar-refractivity contribution < 1.29 is 0 Å². The lowest BCUT2D eigenvalue weighted by atomic mass is 9.98. The monoisotopic (exact) mass is 392 g/mol. The summed E-state index contributed by atoms with van der Waals surface area (Å²) in [6.45, 7) is 4.25. The highest BCUT2D eigenvalue weighted by molar-refractivity contribution is 7.99. The number of thioether (sulfide) groups is 1. The number of benzene rings is 2. The minimum atomic E-state index is 0.908. The van der Waals surface area contributed by atoms with Gasteiger partial charge in [-0.05, 0) is 57.2 Å². The van der Waals surface area contributed by atoms with Gasteiger partial charge in [0.15, 0.2) is 5.16 Å². The van der Waals surface area contributed by atoms with Gasteiger partial charge in [-0.2, -0.15) is 0 Å². The maximum Gasteiger partial charge on any atom is 0.189 e. The van der Waals surface area contributed by atoms with Crippen LogP contribution < -0.4 is 0 Å². The first-order valence-corrected chi connectivity index (χ1v) is 11.3. The summed E-state index contributed by atoms with van der Waals surface area (Å²) in [5.74, 6) is 0.910. The molecule has 1 heterocycles. The highest BCUT2D eigenvalue weighted by atomic mass is 32.2. The maximum atomic E-state index is 4.95. The normalized spacial score (nSPS) is 13.4. The lowest BCUT2D eigenvalue weighted by molar-refractivity contribution is 0.628. The van der Waals surface area contributed by atoms with Crippen molar-refractivity contribution in [3.8, 4) is 0 Å². The molecule has 0 saturated heterocycles. The molecule has 0 atom stereocenters. The third-order valence-electron chi connectivity index (χ3n) is 4.85. The molecule has 4 rings (SSSR count). The molecule has 2 nitrogen and oxygen atoms in total. The number of aromatic nitrogens is 2. The van der Waals surface area contributed by atoms with Crippen LogP contribution in [0.2, 0.25) is 0 Å². The Hall–Kier alpha value is -1.78. The Kier molecular flexibility index (Phi) is 5.84. The number of aryl methyl sites for hydroxylation is 3. The van der Waals surface area contributed by atoms with E-state index in [2.05, 4.69) is 62.4 Å². The molecule has 0 aliphatic heterocycles. The fourth-order valence-corrected chi connectivity index (χ4v) is 5.08. The molecule has 1 aromatic heterocycles. The Balaban J connectivity index is 1.58. The van der Waals surface area contributed by atoms with Crippen molar-refractivity contribution in [2.24, 2.45) is 0 Å². The lowest BCUT2D eigenvalue weighted by Gasteiger charge is -2.18. The quantitative estimate of drug-likeness (QED) is 0.284. The zero-order valence-electron chi connectivity index (χ0n) is 15.9. The first kappa shape index (κ1) is 18.6. The summed E-state index contributed by atoms with van der Waals surface area (Å²) in [6.07, 6.45) is 4.66. The van der Waals surface area contributed by atoms with Gasteiger partial charge in [0.2, 0.25) is 0 Å². The van der Waals surface area contributed by atoms with Gasteiger partial charge in [0.05, 0.1) is 0 Å². The molecule has 0 saturated carbocycles. The van der Waals surface area contributed by atoms with Crippen LogP contribution in [0.15, 0.2) is 63.6 Å². The predicted octanol–water partition coefficient (Wildman–Crippen LogP) is 6.42. The summed E-state index contributed by atoms with van der Waals surface area (Å²) >= 11 is 3.53. The fourth-order valence-electron chi connectivity index (χ4n) is 3.24. The molecule has 1 aliphatic carbocycles. The van der Waals surface area contributed by atoms with E-state index in [9.17, 15) is 0 Å². The molecule has 0 radical (unpaired) electrons. The van der Waals surface area contributed by atoms with Crippen LogP contribution in [-0.4, -0.2) is 9.97 Å². The van der Waals surface area contributed by atoms with E-state index >= 15 is 0 Å². The van der Waals surface area contributed by atoms with Crippen molar-refractivity contribution in [2.75, 3.05) is 0 Å². The van der Waals surface area contributed by atoms with Crippen molar-refractivity contribution in [3.63, 3.8) is 0 Å². The van der Waals surface area contributed by atoms with E-state index in [1.807, 2.05) is 0 Å². The van der Waals surface area contributed by atoms with Gasteiger partial charge in [-0.25, -0.2) is 9.97 Å². The lowest BCUT2D eigenvalue weighted by Crippen LogP contribution is -2.09. The van der Waals surface area contributed by atoms with Gasteiger partial charge in [0, 0.05) is 21.9 Å². The van der Waals surface area contributed by atoms with Gasteiger partial charge in [0.1, 0.15) is 5.03 Å². The molecule has 0 unspecified atom stereocenters. The molecule has 0 amide bonds. The molecule has 27 heavy (non-hydrogen) atoms. The zero-order valence-corrected chi connectivity index (χ0v) is 17.5. The van der Waals surface area contributed by atoms with Crippen molar-refractivity contribution in [2.45, 2.75) is 60.4 Å². The second kappa shape index (κ2) is 8.49. The smallest absolute Gasteiger partial charge is 0.189 e. The minimum Gasteiger partial charge on any atom is -0.227 e. The maximum absolute atomic E-state index is 4.95. The third-order valence-corrected chi connectivity index (χ3v) is 6.81. The molecular weight excluding hydrogens is 368 g/mol. The van der Waals surface area contributed by atoms with Crippen LogP contribution >= 0.6 is 23.5 Å². The van der Waals surface area contributed by atoms with E-state index in [0.717, 1.165) is 28.8 Å². The summed E-state index contributed by atoms with van der Waals surface area (Å²) in [5, 5.41) is 2.06. The molecule has 0 N–H and O–H groups in total.